The van der Waals surface area contributed by atoms with E-state index in [1.807, 2.05) is 0 Å². The molecule has 92 heavy (non-hydrogen) atoms. The lowest BCUT2D eigenvalue weighted by atomic mass is 9.99. The van der Waals surface area contributed by atoms with Gasteiger partial charge in [0.2, 0.25) is 0 Å². The fraction of sp³-hybridized carbons (Fsp3) is 0.558. The van der Waals surface area contributed by atoms with Crippen LogP contribution in [-0.4, -0.2) is 39.6 Å². The molecule has 0 fully saturated rings. The summed E-state index contributed by atoms with van der Waals surface area (Å²) < 4.78 is 42.4. The van der Waals surface area contributed by atoms with Crippen LogP contribution in [0.2, 0.25) is 0 Å². The molecule has 0 aliphatic carbocycles. The molecule has 0 saturated heterocycles. The van der Waals surface area contributed by atoms with E-state index in [1.165, 1.54) is 64.2 Å². The Morgan fingerprint density at radius 1 is 0.239 bits per heavy atom. The average Bonchev–Trinajstić information content (AvgIpc) is 1.08. The van der Waals surface area contributed by atoms with Gasteiger partial charge in [-0.2, -0.15) is 0 Å². The number of rotatable bonds is 50. The van der Waals surface area contributed by atoms with Gasteiger partial charge in [0, 0.05) is 33.4 Å². The lowest BCUT2D eigenvalue weighted by Crippen LogP contribution is -2.14. The molecular formula is C86H126O6. The average molecular weight is 1260 g/mol. The van der Waals surface area contributed by atoms with Crippen LogP contribution < -0.4 is 28.4 Å². The predicted molar refractivity (Wildman–Crippen MR) is 401 cm³/mol. The summed E-state index contributed by atoms with van der Waals surface area (Å²) in [7, 11) is 0. The van der Waals surface area contributed by atoms with Gasteiger partial charge in [-0.15, -0.1) is 0 Å². The van der Waals surface area contributed by atoms with E-state index < -0.39 is 0 Å². The molecule has 0 aliphatic heterocycles. The first-order chi connectivity index (χ1) is 45.1. The van der Waals surface area contributed by atoms with Gasteiger partial charge in [-0.25, -0.2) is 0 Å². The van der Waals surface area contributed by atoms with E-state index in [9.17, 15) is 0 Å². The van der Waals surface area contributed by atoms with Crippen molar-refractivity contribution in [2.45, 2.75) is 237 Å². The molecule has 0 amide bonds. The summed E-state index contributed by atoms with van der Waals surface area (Å²) in [6.07, 6.45) is 45.1. The molecule has 0 bridgehead atoms. The van der Waals surface area contributed by atoms with Gasteiger partial charge < -0.3 is 28.4 Å². The third-order valence-electron chi connectivity index (χ3n) is 18.9. The number of hydrogen-bond acceptors (Lipinski definition) is 6. The van der Waals surface area contributed by atoms with Gasteiger partial charge in [-0.3, -0.25) is 0 Å². The van der Waals surface area contributed by atoms with Crippen LogP contribution in [-0.2, 0) is 0 Å². The maximum absolute atomic E-state index is 7.18. The first-order valence-electron chi connectivity index (χ1n) is 37.2. The van der Waals surface area contributed by atoms with Crippen molar-refractivity contribution in [3.63, 3.8) is 0 Å². The third kappa shape index (κ3) is 27.8. The number of hydrogen-bond donors (Lipinski definition) is 0. The van der Waals surface area contributed by atoms with Crippen LogP contribution in [0.1, 0.15) is 282 Å². The van der Waals surface area contributed by atoms with Crippen LogP contribution in [0.5, 0.6) is 34.5 Å². The van der Waals surface area contributed by atoms with Crippen molar-refractivity contribution >= 4 is 48.6 Å². The smallest absolute Gasteiger partial charge is 0.127 e. The SMILES string of the molecule is CCCCC(CC)COc1cc(/C=C/c2cc(OCC(CC)CCCC)c(/C=C/c3cc(OCC(CC)CCCC)c(/C=C/c4ccccc4)cc3OCC(CC)CCCC)cc2OCC(CC)CCCC)c(OCC(CC)CCCC)cc1/C=C/c1ccccc1. The molecule has 6 atom stereocenters. The Labute approximate surface area is 562 Å². The molecule has 0 aliphatic rings. The molecule has 0 radical (unpaired) electrons. The Balaban J connectivity index is 1.79. The molecule has 0 N–H and O–H groups in total. The van der Waals surface area contributed by atoms with Gasteiger partial charge in [0.15, 0.2) is 0 Å². The minimum atomic E-state index is 0.427. The summed E-state index contributed by atoms with van der Waals surface area (Å²) in [5.74, 6) is 7.80. The van der Waals surface area contributed by atoms with Crippen molar-refractivity contribution < 1.29 is 28.4 Å². The zero-order valence-electron chi connectivity index (χ0n) is 60.0. The molecule has 6 heteroatoms. The normalized spacial score (nSPS) is 13.9. The van der Waals surface area contributed by atoms with Gasteiger partial charge >= 0.3 is 0 Å². The van der Waals surface area contributed by atoms with E-state index >= 15 is 0 Å². The Morgan fingerprint density at radius 2 is 0.413 bits per heavy atom. The Morgan fingerprint density at radius 3 is 0.576 bits per heavy atom. The molecule has 0 saturated carbocycles. The van der Waals surface area contributed by atoms with Gasteiger partial charge in [-0.05, 0) is 122 Å². The molecule has 506 valence electrons. The molecule has 0 aromatic heterocycles. The minimum absolute atomic E-state index is 0.427. The molecule has 5 aromatic rings. The van der Waals surface area contributed by atoms with Crippen LogP contribution in [0.15, 0.2) is 97.1 Å². The highest BCUT2D eigenvalue weighted by molar-refractivity contribution is 5.84. The van der Waals surface area contributed by atoms with E-state index in [2.05, 4.69) is 229 Å². The van der Waals surface area contributed by atoms with Crippen molar-refractivity contribution in [1.29, 1.82) is 0 Å². The van der Waals surface area contributed by atoms with Gasteiger partial charge in [0.25, 0.3) is 0 Å². The molecule has 5 rings (SSSR count). The predicted octanol–water partition coefficient (Wildman–Crippen LogP) is 25.9. The second-order valence-electron chi connectivity index (χ2n) is 26.3. The molecule has 0 heterocycles. The van der Waals surface area contributed by atoms with Crippen LogP contribution in [0.4, 0.5) is 0 Å². The topological polar surface area (TPSA) is 55.4 Å². The summed E-state index contributed by atoms with van der Waals surface area (Å²) >= 11 is 0. The van der Waals surface area contributed by atoms with Crippen molar-refractivity contribution in [3.8, 4) is 34.5 Å². The first kappa shape index (κ1) is 76.6. The largest absolute Gasteiger partial charge is 0.493 e. The van der Waals surface area contributed by atoms with Crippen LogP contribution >= 0.6 is 0 Å². The number of unbranched alkanes of at least 4 members (excludes halogenated alkanes) is 6. The first-order valence-corrected chi connectivity index (χ1v) is 37.2. The van der Waals surface area contributed by atoms with Crippen molar-refractivity contribution in [2.75, 3.05) is 39.6 Å². The van der Waals surface area contributed by atoms with Crippen molar-refractivity contribution in [2.24, 2.45) is 35.5 Å². The Bertz CT molecular complexity index is 2670. The van der Waals surface area contributed by atoms with Gasteiger partial charge in [0.1, 0.15) is 34.5 Å². The van der Waals surface area contributed by atoms with Gasteiger partial charge in [0.05, 0.1) is 39.6 Å². The number of benzene rings is 5. The summed E-state index contributed by atoms with van der Waals surface area (Å²) in [6, 6.07) is 34.5. The summed E-state index contributed by atoms with van der Waals surface area (Å²) in [6.45, 7) is 31.4. The summed E-state index contributed by atoms with van der Waals surface area (Å²) in [4.78, 5) is 0. The monoisotopic (exact) mass is 1250 g/mol. The van der Waals surface area contributed by atoms with E-state index in [1.54, 1.807) is 0 Å². The van der Waals surface area contributed by atoms with Gasteiger partial charge in [-0.1, -0.05) is 308 Å². The molecule has 6 nitrogen and oxygen atoms in total. The standard InChI is InChI=1S/C86H126O6/c1-13-25-37-67(19-7)61-87-81-57-77(83(89-63-69(21-9)39-27-15-3)55-75(81)49-47-73-43-33-31-34-44-73)51-53-79-59-86(92-66-72(24-12)42-30-18-6)80(60-85(79)91-65-71(23-11)41-29-17-5)54-52-78-58-82(88-62-68(20-8)38-26-14-2)76(50-48-74-45-35-32-36-46-74)56-84(78)90-64-70(22-10)40-28-16-4/h31-36,43-60,67-72H,13-30,37-42,61-66H2,1-12H3/b49-47+,50-48+,53-51+,54-52+. The highest BCUT2D eigenvalue weighted by Crippen LogP contribution is 2.39. The molecule has 6 unspecified atom stereocenters. The van der Waals surface area contributed by atoms with Crippen molar-refractivity contribution in [1.82, 2.24) is 0 Å². The minimum Gasteiger partial charge on any atom is -0.493 e. The van der Waals surface area contributed by atoms with E-state index in [0.717, 1.165) is 169 Å². The summed E-state index contributed by atoms with van der Waals surface area (Å²) in [5.41, 5.74) is 8.19. The maximum atomic E-state index is 7.18. The third-order valence-corrected chi connectivity index (χ3v) is 18.9. The maximum Gasteiger partial charge on any atom is 0.127 e. The van der Waals surface area contributed by atoms with E-state index in [-0.39, 0.29) is 0 Å². The highest BCUT2D eigenvalue weighted by Gasteiger charge is 2.20. The van der Waals surface area contributed by atoms with Crippen LogP contribution in [0.3, 0.4) is 0 Å². The van der Waals surface area contributed by atoms with Crippen LogP contribution in [0, 0.1) is 35.5 Å². The zero-order chi connectivity index (χ0) is 66.0. The Kier molecular flexibility index (Phi) is 38.3. The molecule has 5 aromatic carbocycles. The van der Waals surface area contributed by atoms with E-state index in [0.29, 0.717) is 75.1 Å². The number of ether oxygens (including phenoxy) is 6. The molecular weight excluding hydrogens is 1130 g/mol. The second-order valence-corrected chi connectivity index (χ2v) is 26.3. The second kappa shape index (κ2) is 46.0. The van der Waals surface area contributed by atoms with Crippen molar-refractivity contribution in [3.05, 3.63) is 142 Å². The fourth-order valence-electron chi connectivity index (χ4n) is 11.8. The fourth-order valence-corrected chi connectivity index (χ4v) is 11.8. The quantitative estimate of drug-likeness (QED) is 0.0362. The Hall–Kier alpha value is -6.14. The highest BCUT2D eigenvalue weighted by atomic mass is 16.5. The van der Waals surface area contributed by atoms with Crippen LogP contribution in [0.25, 0.3) is 48.6 Å². The lowest BCUT2D eigenvalue weighted by molar-refractivity contribution is 0.227. The summed E-state index contributed by atoms with van der Waals surface area (Å²) in [5, 5.41) is 0. The lowest BCUT2D eigenvalue weighted by Gasteiger charge is -2.21. The molecule has 0 spiro atoms. The van der Waals surface area contributed by atoms with E-state index in [4.69, 9.17) is 28.4 Å². The zero-order valence-corrected chi connectivity index (χ0v) is 60.0.